The molecule has 0 aliphatic carbocycles. The zero-order valence-electron chi connectivity index (χ0n) is 16.3. The molecule has 1 N–H and O–H groups in total. The van der Waals surface area contributed by atoms with Gasteiger partial charge in [0.2, 0.25) is 0 Å². The van der Waals surface area contributed by atoms with Gasteiger partial charge in [0, 0.05) is 43.2 Å². The minimum absolute atomic E-state index is 0.213. The number of ether oxygens (including phenoxy) is 1. The van der Waals surface area contributed by atoms with E-state index in [2.05, 4.69) is 9.88 Å². The highest BCUT2D eigenvalue weighted by Crippen LogP contribution is 2.32. The van der Waals surface area contributed by atoms with E-state index in [9.17, 15) is 9.50 Å². The molecule has 0 radical (unpaired) electrons. The quantitative estimate of drug-likeness (QED) is 0.680. The Balaban J connectivity index is 1.29. The first-order valence-electron chi connectivity index (χ1n) is 9.93. The summed E-state index contributed by atoms with van der Waals surface area (Å²) >= 11 is 0. The van der Waals surface area contributed by atoms with E-state index >= 15 is 0 Å². The number of rotatable bonds is 6. The first kappa shape index (κ1) is 19.6. The summed E-state index contributed by atoms with van der Waals surface area (Å²) in [7, 11) is 0. The molecule has 1 saturated heterocycles. The molecular formula is C24H25FN2O2. The van der Waals surface area contributed by atoms with E-state index in [1.165, 1.54) is 11.6 Å². The number of likely N-dealkylation sites (tertiary alicyclic amines) is 1. The monoisotopic (exact) mass is 392 g/mol. The number of aliphatic hydroxyl groups is 1. The van der Waals surface area contributed by atoms with E-state index in [0.29, 0.717) is 18.4 Å². The summed E-state index contributed by atoms with van der Waals surface area (Å²) in [6.45, 7) is 2.70. The van der Waals surface area contributed by atoms with Gasteiger partial charge in [0.1, 0.15) is 18.2 Å². The van der Waals surface area contributed by atoms with Crippen molar-refractivity contribution in [1.82, 2.24) is 9.88 Å². The van der Waals surface area contributed by atoms with Crippen LogP contribution in [0.3, 0.4) is 0 Å². The molecule has 1 aliphatic rings. The molecule has 4 nitrogen and oxygen atoms in total. The van der Waals surface area contributed by atoms with E-state index in [-0.39, 0.29) is 12.4 Å². The molecule has 5 heteroatoms. The molecule has 0 bridgehead atoms. The molecule has 150 valence electrons. The summed E-state index contributed by atoms with van der Waals surface area (Å²) in [6, 6.07) is 18.4. The predicted octanol–water partition coefficient (Wildman–Crippen LogP) is 4.28. The number of hydrogen-bond donors (Lipinski definition) is 1. The van der Waals surface area contributed by atoms with Crippen molar-refractivity contribution in [3.63, 3.8) is 0 Å². The average Bonchev–Trinajstić information content (AvgIpc) is 2.77. The fourth-order valence-corrected chi connectivity index (χ4v) is 3.73. The molecule has 0 unspecified atom stereocenters. The van der Waals surface area contributed by atoms with Gasteiger partial charge in [-0.25, -0.2) is 4.39 Å². The van der Waals surface area contributed by atoms with Crippen LogP contribution < -0.4 is 4.74 Å². The lowest BCUT2D eigenvalue weighted by molar-refractivity contribution is -0.0279. The largest absolute Gasteiger partial charge is 0.489 e. The maximum atomic E-state index is 13.7. The Morgan fingerprint density at radius 1 is 1.00 bits per heavy atom. The molecule has 1 fully saturated rings. The van der Waals surface area contributed by atoms with Crippen molar-refractivity contribution in [2.24, 2.45) is 0 Å². The fraction of sp³-hybridized carbons (Fsp3) is 0.292. The number of halogens is 1. The third kappa shape index (κ3) is 4.81. The minimum Gasteiger partial charge on any atom is -0.489 e. The van der Waals surface area contributed by atoms with Crippen LogP contribution in [0.4, 0.5) is 4.39 Å². The lowest BCUT2D eigenvalue weighted by atomic mass is 9.85. The van der Waals surface area contributed by atoms with Gasteiger partial charge in [-0.2, -0.15) is 0 Å². The summed E-state index contributed by atoms with van der Waals surface area (Å²) in [5.74, 6) is 0.474. The molecule has 0 amide bonds. The van der Waals surface area contributed by atoms with Crippen LogP contribution in [0.2, 0.25) is 0 Å². The van der Waals surface area contributed by atoms with E-state index < -0.39 is 5.60 Å². The summed E-state index contributed by atoms with van der Waals surface area (Å²) < 4.78 is 19.4. The van der Waals surface area contributed by atoms with Crippen LogP contribution in [-0.4, -0.2) is 28.1 Å². The molecule has 0 spiro atoms. The molecule has 29 heavy (non-hydrogen) atoms. The highest BCUT2D eigenvalue weighted by molar-refractivity contribution is 5.28. The molecule has 1 aliphatic heterocycles. The predicted molar refractivity (Wildman–Crippen MR) is 110 cm³/mol. The van der Waals surface area contributed by atoms with E-state index in [4.69, 9.17) is 4.74 Å². The van der Waals surface area contributed by atoms with Crippen molar-refractivity contribution in [3.8, 4) is 5.75 Å². The Bertz CT molecular complexity index is 923. The van der Waals surface area contributed by atoms with E-state index in [1.54, 1.807) is 30.6 Å². The van der Waals surface area contributed by atoms with Gasteiger partial charge >= 0.3 is 0 Å². The minimum atomic E-state index is -0.783. The van der Waals surface area contributed by atoms with Gasteiger partial charge in [0.05, 0.1) is 5.60 Å². The van der Waals surface area contributed by atoms with Gasteiger partial charge in [0.25, 0.3) is 0 Å². The summed E-state index contributed by atoms with van der Waals surface area (Å²) in [5, 5.41) is 10.9. The molecule has 2 aromatic carbocycles. The number of aromatic nitrogens is 1. The van der Waals surface area contributed by atoms with Gasteiger partial charge < -0.3 is 9.84 Å². The van der Waals surface area contributed by atoms with Crippen molar-refractivity contribution < 1.29 is 14.2 Å². The van der Waals surface area contributed by atoms with Crippen LogP contribution in [0.15, 0.2) is 73.1 Å². The topological polar surface area (TPSA) is 45.6 Å². The number of hydrogen-bond acceptors (Lipinski definition) is 4. The van der Waals surface area contributed by atoms with Crippen LogP contribution in [0, 0.1) is 5.82 Å². The molecule has 0 atom stereocenters. The van der Waals surface area contributed by atoms with Crippen LogP contribution in [0.1, 0.15) is 29.5 Å². The number of nitrogens with zero attached hydrogens (tertiary/aromatic N) is 2. The second-order valence-electron chi connectivity index (χ2n) is 7.57. The van der Waals surface area contributed by atoms with E-state index in [0.717, 1.165) is 30.9 Å². The Morgan fingerprint density at radius 2 is 1.76 bits per heavy atom. The smallest absolute Gasteiger partial charge is 0.129 e. The zero-order chi connectivity index (χ0) is 20.1. The van der Waals surface area contributed by atoms with Gasteiger partial charge in [0.15, 0.2) is 0 Å². The Labute approximate surface area is 170 Å². The Morgan fingerprint density at radius 3 is 2.45 bits per heavy atom. The number of pyridine rings is 1. The molecule has 3 aromatic rings. The van der Waals surface area contributed by atoms with Crippen LogP contribution in [0.5, 0.6) is 5.75 Å². The van der Waals surface area contributed by atoms with Crippen molar-refractivity contribution in [2.75, 3.05) is 13.1 Å². The summed E-state index contributed by atoms with van der Waals surface area (Å²) in [4.78, 5) is 6.48. The molecule has 2 heterocycles. The SMILES string of the molecule is OC1(c2cccnc2)CCN(Cc2ccc(OCc3ccccc3F)cc2)CC1. The maximum absolute atomic E-state index is 13.7. The maximum Gasteiger partial charge on any atom is 0.129 e. The highest BCUT2D eigenvalue weighted by Gasteiger charge is 2.33. The first-order chi connectivity index (χ1) is 14.1. The van der Waals surface area contributed by atoms with Crippen molar-refractivity contribution in [3.05, 3.63) is 95.6 Å². The Hall–Kier alpha value is -2.76. The molecule has 4 rings (SSSR count). The molecular weight excluding hydrogens is 367 g/mol. The highest BCUT2D eigenvalue weighted by atomic mass is 19.1. The lowest BCUT2D eigenvalue weighted by Gasteiger charge is -2.38. The van der Waals surface area contributed by atoms with Gasteiger partial charge in [-0.05, 0) is 42.7 Å². The molecule has 1 aromatic heterocycles. The Kier molecular flexibility index (Phi) is 5.88. The fourth-order valence-electron chi connectivity index (χ4n) is 3.73. The molecule has 0 saturated carbocycles. The number of piperidine rings is 1. The summed E-state index contributed by atoms with van der Waals surface area (Å²) in [5.41, 5.74) is 1.85. The van der Waals surface area contributed by atoms with Crippen LogP contribution >= 0.6 is 0 Å². The van der Waals surface area contributed by atoms with Gasteiger partial charge in [-0.1, -0.05) is 36.4 Å². The van der Waals surface area contributed by atoms with Crippen LogP contribution in [-0.2, 0) is 18.8 Å². The number of benzene rings is 2. The standard InChI is InChI=1S/C24H25FN2O2/c25-23-6-2-1-4-20(23)18-29-22-9-7-19(8-10-22)17-27-14-11-24(28,12-15-27)21-5-3-13-26-16-21/h1-10,13,16,28H,11-12,14-15,17-18H2. The second kappa shape index (κ2) is 8.72. The van der Waals surface area contributed by atoms with Crippen LogP contribution in [0.25, 0.3) is 0 Å². The zero-order valence-corrected chi connectivity index (χ0v) is 16.3. The van der Waals surface area contributed by atoms with Gasteiger partial charge in [-0.3, -0.25) is 9.88 Å². The lowest BCUT2D eigenvalue weighted by Crippen LogP contribution is -2.42. The normalized spacial score (nSPS) is 16.5. The van der Waals surface area contributed by atoms with E-state index in [1.807, 2.05) is 36.4 Å². The summed E-state index contributed by atoms with van der Waals surface area (Å²) in [6.07, 6.45) is 4.88. The van der Waals surface area contributed by atoms with Crippen molar-refractivity contribution in [1.29, 1.82) is 0 Å². The average molecular weight is 392 g/mol. The first-order valence-corrected chi connectivity index (χ1v) is 9.93. The third-order valence-corrected chi connectivity index (χ3v) is 5.56. The van der Waals surface area contributed by atoms with Gasteiger partial charge in [-0.15, -0.1) is 0 Å². The third-order valence-electron chi connectivity index (χ3n) is 5.56. The van der Waals surface area contributed by atoms with Crippen molar-refractivity contribution >= 4 is 0 Å². The second-order valence-corrected chi connectivity index (χ2v) is 7.57. The van der Waals surface area contributed by atoms with Crippen molar-refractivity contribution in [2.45, 2.75) is 31.6 Å².